The molecule has 0 unspecified atom stereocenters. The van der Waals surface area contributed by atoms with E-state index in [0.29, 0.717) is 55.9 Å². The Bertz CT molecular complexity index is 1180. The molecule has 0 saturated carbocycles. The van der Waals surface area contributed by atoms with E-state index in [2.05, 4.69) is 16.3 Å². The lowest BCUT2D eigenvalue weighted by atomic mass is 9.96. The smallest absolute Gasteiger partial charge is 0.168 e. The van der Waals surface area contributed by atoms with Gasteiger partial charge in [0.25, 0.3) is 0 Å². The third-order valence-electron chi connectivity index (χ3n) is 5.66. The number of rotatable bonds is 4. The Morgan fingerprint density at radius 1 is 1.21 bits per heavy atom. The van der Waals surface area contributed by atoms with Crippen LogP contribution in [0.4, 0.5) is 4.39 Å². The molecule has 2 aliphatic rings. The van der Waals surface area contributed by atoms with E-state index in [0.717, 1.165) is 34.6 Å². The van der Waals surface area contributed by atoms with Crippen LogP contribution in [0.1, 0.15) is 34.4 Å². The molecule has 5 rings (SSSR count). The molecular formula is C22H19FN4O2. The number of hydrogen-bond donors (Lipinski definition) is 0. The number of aryl methyl sites for hydroxylation is 1. The summed E-state index contributed by atoms with van der Waals surface area (Å²) in [6.07, 6.45) is 6.13. The van der Waals surface area contributed by atoms with Gasteiger partial charge < -0.3 is 9.47 Å². The first-order valence-electron chi connectivity index (χ1n) is 9.72. The summed E-state index contributed by atoms with van der Waals surface area (Å²) in [6, 6.07) is 7.34. The van der Waals surface area contributed by atoms with Crippen LogP contribution in [0.3, 0.4) is 0 Å². The first-order chi connectivity index (χ1) is 14.3. The number of hydrogen-bond acceptors (Lipinski definition) is 5. The zero-order valence-electron chi connectivity index (χ0n) is 15.8. The molecule has 29 heavy (non-hydrogen) atoms. The Hall–Kier alpha value is -3.24. The second kappa shape index (κ2) is 7.30. The van der Waals surface area contributed by atoms with Crippen molar-refractivity contribution in [2.24, 2.45) is 0 Å². The second-order valence-electron chi connectivity index (χ2n) is 7.21. The third-order valence-corrected chi connectivity index (χ3v) is 5.66. The Balaban J connectivity index is 1.55. The number of pyridine rings is 1. The van der Waals surface area contributed by atoms with E-state index in [1.54, 1.807) is 12.4 Å². The van der Waals surface area contributed by atoms with Gasteiger partial charge in [0.15, 0.2) is 5.65 Å². The molecule has 0 radical (unpaired) electrons. The summed E-state index contributed by atoms with van der Waals surface area (Å²) in [5.41, 5.74) is 5.69. The summed E-state index contributed by atoms with van der Waals surface area (Å²) in [6.45, 7) is 1.79. The van der Waals surface area contributed by atoms with Gasteiger partial charge in [0.2, 0.25) is 0 Å². The van der Waals surface area contributed by atoms with Crippen LogP contribution in [0.15, 0.2) is 30.6 Å². The molecule has 0 bridgehead atoms. The highest BCUT2D eigenvalue weighted by Gasteiger charge is 2.22. The fraction of sp³-hybridized carbons (Fsp3) is 0.318. The largest absolute Gasteiger partial charge is 0.493 e. The first-order valence-corrected chi connectivity index (χ1v) is 9.72. The van der Waals surface area contributed by atoms with Crippen molar-refractivity contribution in [3.05, 3.63) is 64.4 Å². The van der Waals surface area contributed by atoms with E-state index in [1.165, 1.54) is 6.07 Å². The van der Waals surface area contributed by atoms with Gasteiger partial charge in [-0.25, -0.2) is 4.39 Å². The standard InChI is InChI=1S/C22H19FN4O2/c23-19-2-4-21-17(7-10-29-21)16(19)1-3-20-15(12-24)11-18(14-5-8-28-9-6-14)22-26-25-13-27(20)22/h2,4-5,11,13H,1,3,6-10H2. The Morgan fingerprint density at radius 2 is 2.14 bits per heavy atom. The van der Waals surface area contributed by atoms with Gasteiger partial charge in [-0.2, -0.15) is 5.26 Å². The molecule has 6 nitrogen and oxygen atoms in total. The minimum atomic E-state index is -0.225. The highest BCUT2D eigenvalue weighted by Crippen LogP contribution is 2.32. The van der Waals surface area contributed by atoms with Gasteiger partial charge in [0.1, 0.15) is 24.0 Å². The number of fused-ring (bicyclic) bond motifs is 2. The van der Waals surface area contributed by atoms with E-state index < -0.39 is 0 Å². The van der Waals surface area contributed by atoms with Crippen LogP contribution < -0.4 is 4.74 Å². The van der Waals surface area contributed by atoms with Crippen molar-refractivity contribution in [2.75, 3.05) is 19.8 Å². The minimum absolute atomic E-state index is 0.225. The maximum absolute atomic E-state index is 14.5. The van der Waals surface area contributed by atoms with Crippen LogP contribution in [0.25, 0.3) is 11.2 Å². The maximum atomic E-state index is 14.5. The van der Waals surface area contributed by atoms with Crippen LogP contribution in [-0.2, 0) is 24.0 Å². The quantitative estimate of drug-likeness (QED) is 0.684. The normalized spacial score (nSPS) is 15.7. The number of nitrogens with zero attached hydrogens (tertiary/aromatic N) is 4. The number of aromatic nitrogens is 3. The van der Waals surface area contributed by atoms with Gasteiger partial charge in [0.05, 0.1) is 25.4 Å². The molecule has 4 heterocycles. The molecule has 0 spiro atoms. The SMILES string of the molecule is N#Cc1cc(C2=CCOCC2)c2nncn2c1CCc1c(F)ccc2c1CCO2. The van der Waals surface area contributed by atoms with Gasteiger partial charge in [-0.3, -0.25) is 4.40 Å². The molecule has 146 valence electrons. The van der Waals surface area contributed by atoms with E-state index in [1.807, 2.05) is 16.5 Å². The van der Waals surface area contributed by atoms with Gasteiger partial charge in [-0.05, 0) is 48.6 Å². The van der Waals surface area contributed by atoms with Crippen LogP contribution in [0.2, 0.25) is 0 Å². The average Bonchev–Trinajstić information content (AvgIpc) is 3.43. The van der Waals surface area contributed by atoms with Crippen molar-refractivity contribution < 1.29 is 13.9 Å². The van der Waals surface area contributed by atoms with E-state index in [-0.39, 0.29) is 5.82 Å². The van der Waals surface area contributed by atoms with Crippen LogP contribution in [0, 0.1) is 17.1 Å². The Labute approximate surface area is 167 Å². The monoisotopic (exact) mass is 390 g/mol. The van der Waals surface area contributed by atoms with Crippen molar-refractivity contribution >= 4 is 11.2 Å². The number of benzene rings is 1. The van der Waals surface area contributed by atoms with Crippen molar-refractivity contribution in [1.29, 1.82) is 5.26 Å². The van der Waals surface area contributed by atoms with Crippen LogP contribution in [-0.4, -0.2) is 34.4 Å². The highest BCUT2D eigenvalue weighted by atomic mass is 19.1. The fourth-order valence-corrected chi connectivity index (χ4v) is 4.23. The first kappa shape index (κ1) is 17.8. The zero-order valence-corrected chi connectivity index (χ0v) is 15.8. The molecule has 2 aliphatic heterocycles. The summed E-state index contributed by atoms with van der Waals surface area (Å²) >= 11 is 0. The number of nitriles is 1. The van der Waals surface area contributed by atoms with Crippen molar-refractivity contribution in [3.8, 4) is 11.8 Å². The molecule has 0 fully saturated rings. The maximum Gasteiger partial charge on any atom is 0.168 e. The van der Waals surface area contributed by atoms with Gasteiger partial charge in [-0.1, -0.05) is 6.08 Å². The highest BCUT2D eigenvalue weighted by molar-refractivity contribution is 5.77. The minimum Gasteiger partial charge on any atom is -0.493 e. The summed E-state index contributed by atoms with van der Waals surface area (Å²) in [4.78, 5) is 0. The summed E-state index contributed by atoms with van der Waals surface area (Å²) in [5.74, 6) is 0.537. The van der Waals surface area contributed by atoms with E-state index in [9.17, 15) is 9.65 Å². The molecule has 0 saturated heterocycles. The van der Waals surface area contributed by atoms with Crippen molar-refractivity contribution in [2.45, 2.75) is 25.7 Å². The molecule has 1 aromatic carbocycles. The average molecular weight is 390 g/mol. The lowest BCUT2D eigenvalue weighted by Gasteiger charge is -2.17. The second-order valence-corrected chi connectivity index (χ2v) is 7.21. The predicted molar refractivity (Wildman–Crippen MR) is 104 cm³/mol. The van der Waals surface area contributed by atoms with Gasteiger partial charge in [-0.15, -0.1) is 10.2 Å². The van der Waals surface area contributed by atoms with Crippen molar-refractivity contribution in [3.63, 3.8) is 0 Å². The zero-order chi connectivity index (χ0) is 19.8. The van der Waals surface area contributed by atoms with Crippen molar-refractivity contribution in [1.82, 2.24) is 14.6 Å². The predicted octanol–water partition coefficient (Wildman–Crippen LogP) is 3.26. The topological polar surface area (TPSA) is 72.4 Å². The van der Waals surface area contributed by atoms with E-state index in [4.69, 9.17) is 9.47 Å². The number of halogens is 1. The molecule has 3 aromatic rings. The molecule has 0 N–H and O–H groups in total. The molecule has 0 atom stereocenters. The number of ether oxygens (including phenoxy) is 2. The Morgan fingerprint density at radius 3 is 2.97 bits per heavy atom. The summed E-state index contributed by atoms with van der Waals surface area (Å²) in [7, 11) is 0. The lowest BCUT2D eigenvalue weighted by molar-refractivity contribution is 0.161. The lowest BCUT2D eigenvalue weighted by Crippen LogP contribution is -2.09. The van der Waals surface area contributed by atoms with E-state index >= 15 is 0 Å². The fourth-order valence-electron chi connectivity index (χ4n) is 4.23. The third kappa shape index (κ3) is 3.06. The Kier molecular flexibility index (Phi) is 4.49. The molecule has 2 aromatic heterocycles. The molecular weight excluding hydrogens is 371 g/mol. The van der Waals surface area contributed by atoms with Gasteiger partial charge >= 0.3 is 0 Å². The van der Waals surface area contributed by atoms with Crippen LogP contribution in [0.5, 0.6) is 5.75 Å². The molecule has 0 amide bonds. The molecule has 7 heteroatoms. The van der Waals surface area contributed by atoms with Gasteiger partial charge in [0, 0.05) is 23.2 Å². The summed E-state index contributed by atoms with van der Waals surface area (Å²) < 4.78 is 27.4. The molecule has 0 aliphatic carbocycles. The van der Waals surface area contributed by atoms with Crippen LogP contribution >= 0.6 is 0 Å². The summed E-state index contributed by atoms with van der Waals surface area (Å²) in [5, 5.41) is 18.2.